The van der Waals surface area contributed by atoms with Crippen LogP contribution in [0.4, 0.5) is 4.79 Å². The maximum absolute atomic E-state index is 11.0. The first kappa shape index (κ1) is 19.7. The first-order chi connectivity index (χ1) is 13.5. The molecule has 8 nitrogen and oxygen atoms in total. The summed E-state index contributed by atoms with van der Waals surface area (Å²) in [7, 11) is 0. The molecule has 8 heteroatoms. The van der Waals surface area contributed by atoms with Crippen molar-refractivity contribution in [3.05, 3.63) is 30.0 Å². The number of fused-ring (bicyclic) bond motifs is 2. The van der Waals surface area contributed by atoms with Crippen LogP contribution in [0.3, 0.4) is 0 Å². The van der Waals surface area contributed by atoms with Gasteiger partial charge in [0.05, 0.1) is 11.1 Å². The van der Waals surface area contributed by atoms with Gasteiger partial charge in [0.1, 0.15) is 0 Å². The van der Waals surface area contributed by atoms with Crippen molar-refractivity contribution < 1.29 is 24.2 Å². The Morgan fingerprint density at radius 2 is 1.86 bits per heavy atom. The molecule has 0 atom stereocenters. The number of carboxylic acids is 1. The summed E-state index contributed by atoms with van der Waals surface area (Å²) in [5.74, 6) is 0.270. The van der Waals surface area contributed by atoms with Gasteiger partial charge in [0.2, 0.25) is 6.79 Å². The number of carboxylic acid groups (broad SMARTS) is 1. The second kappa shape index (κ2) is 8.77. The van der Waals surface area contributed by atoms with Crippen molar-refractivity contribution in [1.29, 1.82) is 0 Å². The summed E-state index contributed by atoms with van der Waals surface area (Å²) in [5.41, 5.74) is 6.11. The average Bonchev–Trinajstić information content (AvgIpc) is 3.14. The summed E-state index contributed by atoms with van der Waals surface area (Å²) in [5, 5.41) is 9.57. The number of aromatic carboxylic acids is 1. The van der Waals surface area contributed by atoms with Crippen LogP contribution in [0, 0.1) is 0 Å². The molecule has 0 saturated heterocycles. The van der Waals surface area contributed by atoms with Gasteiger partial charge in [-0.3, -0.25) is 4.98 Å². The van der Waals surface area contributed by atoms with Gasteiger partial charge in [-0.05, 0) is 31.9 Å². The van der Waals surface area contributed by atoms with E-state index in [1.807, 2.05) is 6.92 Å². The van der Waals surface area contributed by atoms with Gasteiger partial charge in [0.25, 0.3) is 0 Å². The van der Waals surface area contributed by atoms with Crippen molar-refractivity contribution in [2.75, 3.05) is 13.3 Å². The van der Waals surface area contributed by atoms with E-state index in [0.29, 0.717) is 23.1 Å². The summed E-state index contributed by atoms with van der Waals surface area (Å²) in [6.07, 6.45) is 7.40. The molecule has 1 aliphatic heterocycles. The number of amides is 2. The molecular formula is C20H25N3O5. The van der Waals surface area contributed by atoms with Gasteiger partial charge in [-0.1, -0.05) is 19.3 Å². The number of nitrogens with two attached hydrogens (primary N) is 1. The molecule has 28 heavy (non-hydrogen) atoms. The summed E-state index contributed by atoms with van der Waals surface area (Å²) in [6, 6.07) is 5.19. The van der Waals surface area contributed by atoms with E-state index in [-0.39, 0.29) is 18.4 Å². The van der Waals surface area contributed by atoms with E-state index >= 15 is 0 Å². The minimum Gasteiger partial charge on any atom is -0.478 e. The van der Waals surface area contributed by atoms with Gasteiger partial charge in [-0.2, -0.15) is 0 Å². The van der Waals surface area contributed by atoms with Crippen LogP contribution in [-0.4, -0.2) is 46.4 Å². The number of pyridine rings is 1. The highest BCUT2D eigenvalue weighted by atomic mass is 16.7. The number of carbonyl (C=O) groups excluding carboxylic acids is 1. The van der Waals surface area contributed by atoms with Crippen LogP contribution >= 0.6 is 0 Å². The molecule has 4 rings (SSSR count). The first-order valence-electron chi connectivity index (χ1n) is 9.48. The summed E-state index contributed by atoms with van der Waals surface area (Å²) >= 11 is 0. The van der Waals surface area contributed by atoms with Gasteiger partial charge in [-0.15, -0.1) is 0 Å². The third kappa shape index (κ3) is 4.44. The Balaban J connectivity index is 0.000000169. The molecule has 2 amide bonds. The van der Waals surface area contributed by atoms with E-state index in [0.717, 1.165) is 24.8 Å². The average molecular weight is 387 g/mol. The Morgan fingerprint density at radius 3 is 2.46 bits per heavy atom. The van der Waals surface area contributed by atoms with E-state index in [9.17, 15) is 9.59 Å². The van der Waals surface area contributed by atoms with Gasteiger partial charge in [0.15, 0.2) is 11.5 Å². The Hall–Kier alpha value is -3.03. The lowest BCUT2D eigenvalue weighted by Crippen LogP contribution is -2.44. The maximum atomic E-state index is 11.0. The number of carbonyl (C=O) groups is 2. The van der Waals surface area contributed by atoms with Crippen LogP contribution in [-0.2, 0) is 0 Å². The maximum Gasteiger partial charge on any atom is 0.337 e. The molecule has 2 aliphatic rings. The number of hydrogen-bond donors (Lipinski definition) is 2. The lowest BCUT2D eigenvalue weighted by molar-refractivity contribution is 0.0696. The highest BCUT2D eigenvalue weighted by Gasteiger charge is 2.21. The van der Waals surface area contributed by atoms with Crippen LogP contribution < -0.4 is 15.2 Å². The Kier molecular flexibility index (Phi) is 6.18. The highest BCUT2D eigenvalue weighted by Crippen LogP contribution is 2.35. The fraction of sp³-hybridized carbons (Fsp3) is 0.450. The topological polar surface area (TPSA) is 115 Å². The molecule has 3 N–H and O–H groups in total. The van der Waals surface area contributed by atoms with Gasteiger partial charge in [-0.25, -0.2) is 9.59 Å². The van der Waals surface area contributed by atoms with E-state index in [1.54, 1.807) is 23.1 Å². The van der Waals surface area contributed by atoms with E-state index in [4.69, 9.17) is 20.3 Å². The smallest absolute Gasteiger partial charge is 0.337 e. The second-order valence-corrected chi connectivity index (χ2v) is 6.84. The number of ether oxygens (including phenoxy) is 2. The normalized spacial score (nSPS) is 15.6. The zero-order valence-electron chi connectivity index (χ0n) is 15.9. The van der Waals surface area contributed by atoms with Crippen molar-refractivity contribution >= 4 is 22.9 Å². The first-order valence-corrected chi connectivity index (χ1v) is 9.48. The molecule has 0 spiro atoms. The largest absolute Gasteiger partial charge is 0.478 e. The zero-order valence-corrected chi connectivity index (χ0v) is 15.9. The van der Waals surface area contributed by atoms with Crippen molar-refractivity contribution in [3.8, 4) is 11.5 Å². The molecule has 1 saturated carbocycles. The van der Waals surface area contributed by atoms with Crippen molar-refractivity contribution in [2.45, 2.75) is 45.1 Å². The molecule has 0 radical (unpaired) electrons. The molecule has 1 aromatic heterocycles. The number of benzene rings is 1. The van der Waals surface area contributed by atoms with Crippen LogP contribution in [0.15, 0.2) is 24.4 Å². The molecule has 2 heterocycles. The minimum absolute atomic E-state index is 0.159. The van der Waals surface area contributed by atoms with Crippen LogP contribution in [0.25, 0.3) is 10.9 Å². The van der Waals surface area contributed by atoms with Gasteiger partial charge >= 0.3 is 12.0 Å². The van der Waals surface area contributed by atoms with Gasteiger partial charge in [0, 0.05) is 30.2 Å². The third-order valence-electron chi connectivity index (χ3n) is 5.06. The SMILES string of the molecule is CCN(C(N)=O)C1CCCCC1.O=C(O)c1cnc2cc3c(cc2c1)OCO3. The Labute approximate surface area is 163 Å². The Morgan fingerprint density at radius 1 is 1.18 bits per heavy atom. The third-order valence-corrected chi connectivity index (χ3v) is 5.06. The van der Waals surface area contributed by atoms with Crippen LogP contribution in [0.5, 0.6) is 11.5 Å². The molecule has 1 aliphatic carbocycles. The number of nitrogens with zero attached hydrogens (tertiary/aromatic N) is 2. The van der Waals surface area contributed by atoms with Crippen molar-refractivity contribution in [2.24, 2.45) is 5.73 Å². The fourth-order valence-electron chi connectivity index (χ4n) is 3.62. The lowest BCUT2D eigenvalue weighted by atomic mass is 9.94. The van der Waals surface area contributed by atoms with Gasteiger partial charge < -0.3 is 25.2 Å². The van der Waals surface area contributed by atoms with Crippen LogP contribution in [0.1, 0.15) is 49.4 Å². The number of primary amides is 1. The van der Waals surface area contributed by atoms with Crippen molar-refractivity contribution in [3.63, 3.8) is 0 Å². The molecule has 0 bridgehead atoms. The number of hydrogen-bond acceptors (Lipinski definition) is 5. The molecule has 150 valence electrons. The number of aromatic nitrogens is 1. The van der Waals surface area contributed by atoms with Crippen LogP contribution in [0.2, 0.25) is 0 Å². The Bertz CT molecular complexity index is 864. The predicted molar refractivity (Wildman–Crippen MR) is 104 cm³/mol. The molecule has 2 aromatic rings. The van der Waals surface area contributed by atoms with Crippen molar-refractivity contribution in [1.82, 2.24) is 9.88 Å². The minimum atomic E-state index is -0.993. The highest BCUT2D eigenvalue weighted by molar-refractivity contribution is 5.93. The molecule has 0 unspecified atom stereocenters. The molecule has 1 aromatic carbocycles. The zero-order chi connectivity index (χ0) is 20.1. The number of urea groups is 1. The second-order valence-electron chi connectivity index (χ2n) is 6.84. The summed E-state index contributed by atoms with van der Waals surface area (Å²) in [4.78, 5) is 27.6. The molecular weight excluding hydrogens is 362 g/mol. The number of rotatable bonds is 3. The molecule has 1 fully saturated rings. The van der Waals surface area contributed by atoms with E-state index in [2.05, 4.69) is 4.98 Å². The van der Waals surface area contributed by atoms with E-state index in [1.165, 1.54) is 25.5 Å². The fourth-order valence-corrected chi connectivity index (χ4v) is 3.62. The summed E-state index contributed by atoms with van der Waals surface area (Å²) in [6.45, 7) is 2.93. The standard InChI is InChI=1S/C11H7NO4.C9H18N2O/c13-11(14)7-1-6-2-9-10(16-5-15-9)3-8(6)12-4-7;1-2-11(9(10)12)8-6-4-3-5-7-8/h1-4H,5H2,(H,13,14);8H,2-7H2,1H3,(H2,10,12). The lowest BCUT2D eigenvalue weighted by Gasteiger charge is -2.32. The monoisotopic (exact) mass is 387 g/mol. The quantitative estimate of drug-likeness (QED) is 0.834. The van der Waals surface area contributed by atoms with E-state index < -0.39 is 5.97 Å². The predicted octanol–water partition coefficient (Wildman–Crippen LogP) is 3.38. The summed E-state index contributed by atoms with van der Waals surface area (Å²) < 4.78 is 10.4.